The SMILES string of the molecule is Cc1cc(N2CCC(NC(=O)c3c4c(nn3C)[C@H](C)O[C@H](C)C4)CC2)n[nH]1. The molecule has 0 unspecified atom stereocenters. The second-order valence-corrected chi connectivity index (χ2v) is 7.77. The number of amides is 1. The van der Waals surface area contributed by atoms with Crippen LogP contribution in [0.25, 0.3) is 0 Å². The highest BCUT2D eigenvalue weighted by Crippen LogP contribution is 2.31. The predicted molar refractivity (Wildman–Crippen MR) is 102 cm³/mol. The second-order valence-electron chi connectivity index (χ2n) is 7.77. The Labute approximate surface area is 159 Å². The normalized spacial score (nSPS) is 23.3. The average molecular weight is 372 g/mol. The van der Waals surface area contributed by atoms with Crippen molar-refractivity contribution in [1.29, 1.82) is 0 Å². The monoisotopic (exact) mass is 372 g/mol. The summed E-state index contributed by atoms with van der Waals surface area (Å²) in [4.78, 5) is 15.3. The van der Waals surface area contributed by atoms with Crippen LogP contribution in [0.2, 0.25) is 0 Å². The molecule has 8 heteroatoms. The molecule has 1 fully saturated rings. The number of carbonyl (C=O) groups excluding carboxylic acids is 1. The second kappa shape index (κ2) is 6.99. The Morgan fingerprint density at radius 2 is 2.07 bits per heavy atom. The largest absolute Gasteiger partial charge is 0.369 e. The quantitative estimate of drug-likeness (QED) is 0.859. The van der Waals surface area contributed by atoms with Crippen LogP contribution in [0.4, 0.5) is 5.82 Å². The lowest BCUT2D eigenvalue weighted by Gasteiger charge is -2.32. The molecule has 0 saturated carbocycles. The van der Waals surface area contributed by atoms with Gasteiger partial charge in [0.25, 0.3) is 5.91 Å². The number of H-pyrrole nitrogens is 1. The molecule has 0 aromatic carbocycles. The summed E-state index contributed by atoms with van der Waals surface area (Å²) in [7, 11) is 1.84. The Bertz CT molecular complexity index is 833. The van der Waals surface area contributed by atoms with Crippen molar-refractivity contribution in [2.24, 2.45) is 7.05 Å². The fourth-order valence-corrected chi connectivity index (χ4v) is 4.22. The van der Waals surface area contributed by atoms with Crippen LogP contribution < -0.4 is 10.2 Å². The molecule has 27 heavy (non-hydrogen) atoms. The number of aromatic amines is 1. The summed E-state index contributed by atoms with van der Waals surface area (Å²) in [6.45, 7) is 7.82. The van der Waals surface area contributed by atoms with Gasteiger partial charge in [-0.3, -0.25) is 14.6 Å². The van der Waals surface area contributed by atoms with Gasteiger partial charge in [-0.25, -0.2) is 0 Å². The van der Waals surface area contributed by atoms with Gasteiger partial charge in [-0.05, 0) is 33.6 Å². The maximum absolute atomic E-state index is 13.0. The number of aromatic nitrogens is 4. The molecule has 146 valence electrons. The van der Waals surface area contributed by atoms with E-state index in [4.69, 9.17) is 4.74 Å². The molecule has 4 rings (SSSR count). The van der Waals surface area contributed by atoms with E-state index >= 15 is 0 Å². The van der Waals surface area contributed by atoms with Crippen LogP contribution in [-0.4, -0.2) is 51.1 Å². The molecule has 1 saturated heterocycles. The molecule has 2 aromatic heterocycles. The molecule has 8 nitrogen and oxygen atoms in total. The molecular weight excluding hydrogens is 344 g/mol. The van der Waals surface area contributed by atoms with Crippen LogP contribution in [0.15, 0.2) is 6.07 Å². The summed E-state index contributed by atoms with van der Waals surface area (Å²) in [5, 5.41) is 15.1. The van der Waals surface area contributed by atoms with Crippen molar-refractivity contribution in [2.45, 2.75) is 58.3 Å². The topological polar surface area (TPSA) is 88.1 Å². The van der Waals surface area contributed by atoms with Crippen molar-refractivity contribution in [2.75, 3.05) is 18.0 Å². The highest BCUT2D eigenvalue weighted by Gasteiger charge is 2.32. The first-order valence-electron chi connectivity index (χ1n) is 9.71. The van der Waals surface area contributed by atoms with Crippen LogP contribution in [0.1, 0.15) is 60.2 Å². The zero-order valence-corrected chi connectivity index (χ0v) is 16.5. The first-order chi connectivity index (χ1) is 12.9. The molecule has 1 amide bonds. The van der Waals surface area contributed by atoms with Gasteiger partial charge in [-0.1, -0.05) is 0 Å². The van der Waals surface area contributed by atoms with E-state index in [1.807, 2.05) is 27.8 Å². The summed E-state index contributed by atoms with van der Waals surface area (Å²) < 4.78 is 7.55. The number of anilines is 1. The van der Waals surface area contributed by atoms with E-state index in [-0.39, 0.29) is 24.2 Å². The molecule has 2 N–H and O–H groups in total. The van der Waals surface area contributed by atoms with Crippen molar-refractivity contribution >= 4 is 11.7 Å². The maximum Gasteiger partial charge on any atom is 0.270 e. The number of nitrogens with one attached hydrogen (secondary N) is 2. The number of rotatable bonds is 3. The minimum atomic E-state index is -0.0722. The zero-order valence-electron chi connectivity index (χ0n) is 16.5. The lowest BCUT2D eigenvalue weighted by molar-refractivity contribution is -0.00710. The number of hydrogen-bond donors (Lipinski definition) is 2. The molecule has 4 heterocycles. The average Bonchev–Trinajstić information content (AvgIpc) is 3.19. The highest BCUT2D eigenvalue weighted by molar-refractivity contribution is 5.94. The van der Waals surface area contributed by atoms with Crippen molar-refractivity contribution in [3.8, 4) is 0 Å². The van der Waals surface area contributed by atoms with Gasteiger partial charge in [0.2, 0.25) is 0 Å². The number of fused-ring (bicyclic) bond motifs is 1. The Morgan fingerprint density at radius 1 is 1.33 bits per heavy atom. The minimum absolute atomic E-state index is 0.0263. The van der Waals surface area contributed by atoms with Crippen LogP contribution in [0, 0.1) is 6.92 Å². The van der Waals surface area contributed by atoms with Gasteiger partial charge in [0, 0.05) is 49.9 Å². The Morgan fingerprint density at radius 3 is 2.74 bits per heavy atom. The lowest BCUT2D eigenvalue weighted by Crippen LogP contribution is -2.45. The van der Waals surface area contributed by atoms with Gasteiger partial charge in [0.1, 0.15) is 5.69 Å². The molecule has 0 spiro atoms. The molecule has 0 bridgehead atoms. The highest BCUT2D eigenvalue weighted by atomic mass is 16.5. The predicted octanol–water partition coefficient (Wildman–Crippen LogP) is 1.87. The fraction of sp³-hybridized carbons (Fsp3) is 0.632. The minimum Gasteiger partial charge on any atom is -0.369 e. The number of hydrogen-bond acceptors (Lipinski definition) is 5. The van der Waals surface area contributed by atoms with E-state index in [0.717, 1.165) is 55.1 Å². The Balaban J connectivity index is 1.42. The number of nitrogens with zero attached hydrogens (tertiary/aromatic N) is 4. The number of piperidine rings is 1. The van der Waals surface area contributed by atoms with Crippen molar-refractivity contribution in [1.82, 2.24) is 25.3 Å². The standard InChI is InChI=1S/C19H28N6O2/c1-11-9-16(22-21-11)25-7-5-14(6-8-25)20-19(26)18-15-10-12(2)27-13(3)17(15)23-24(18)4/h9,12-14H,5-8,10H2,1-4H3,(H,20,26)(H,21,22)/t12-,13+/m1/s1. The summed E-state index contributed by atoms with van der Waals surface area (Å²) in [6, 6.07) is 2.24. The van der Waals surface area contributed by atoms with Crippen LogP contribution in [0.5, 0.6) is 0 Å². The summed E-state index contributed by atoms with van der Waals surface area (Å²) in [5.41, 5.74) is 3.67. The van der Waals surface area contributed by atoms with Gasteiger partial charge < -0.3 is 15.0 Å². The van der Waals surface area contributed by atoms with E-state index in [2.05, 4.69) is 31.6 Å². The Hall–Kier alpha value is -2.35. The first-order valence-corrected chi connectivity index (χ1v) is 9.71. The first kappa shape index (κ1) is 18.0. The van der Waals surface area contributed by atoms with E-state index in [1.54, 1.807) is 4.68 Å². The zero-order chi connectivity index (χ0) is 19.1. The third-order valence-electron chi connectivity index (χ3n) is 5.55. The van der Waals surface area contributed by atoms with Crippen molar-refractivity contribution in [3.05, 3.63) is 28.7 Å². The third kappa shape index (κ3) is 3.45. The van der Waals surface area contributed by atoms with Crippen molar-refractivity contribution in [3.63, 3.8) is 0 Å². The third-order valence-corrected chi connectivity index (χ3v) is 5.55. The van der Waals surface area contributed by atoms with E-state index < -0.39 is 0 Å². The lowest BCUT2D eigenvalue weighted by atomic mass is 9.99. The van der Waals surface area contributed by atoms with Crippen LogP contribution >= 0.6 is 0 Å². The molecule has 2 atom stereocenters. The molecule has 0 radical (unpaired) electrons. The Kier molecular flexibility index (Phi) is 4.67. The van der Waals surface area contributed by atoms with Gasteiger partial charge in [-0.15, -0.1) is 0 Å². The van der Waals surface area contributed by atoms with Gasteiger partial charge >= 0.3 is 0 Å². The van der Waals surface area contributed by atoms with Gasteiger partial charge in [0.05, 0.1) is 17.9 Å². The van der Waals surface area contributed by atoms with E-state index in [1.165, 1.54) is 0 Å². The number of ether oxygens (including phenoxy) is 1. The van der Waals surface area contributed by atoms with Crippen molar-refractivity contribution < 1.29 is 9.53 Å². The smallest absolute Gasteiger partial charge is 0.270 e. The molecular formula is C19H28N6O2. The molecule has 0 aliphatic carbocycles. The van der Waals surface area contributed by atoms with E-state index in [0.29, 0.717) is 5.69 Å². The summed E-state index contributed by atoms with van der Waals surface area (Å²) in [5.74, 6) is 0.961. The molecule has 2 aliphatic heterocycles. The molecule has 2 aromatic rings. The maximum atomic E-state index is 13.0. The molecule has 2 aliphatic rings. The van der Waals surface area contributed by atoms with Gasteiger partial charge in [-0.2, -0.15) is 10.2 Å². The van der Waals surface area contributed by atoms with Crippen LogP contribution in [0.3, 0.4) is 0 Å². The summed E-state index contributed by atoms with van der Waals surface area (Å²) in [6.07, 6.45) is 2.58. The number of aryl methyl sites for hydroxylation is 2. The number of carbonyl (C=O) groups is 1. The summed E-state index contributed by atoms with van der Waals surface area (Å²) >= 11 is 0. The van der Waals surface area contributed by atoms with E-state index in [9.17, 15) is 4.79 Å². The van der Waals surface area contributed by atoms with Crippen LogP contribution in [-0.2, 0) is 18.2 Å². The fourth-order valence-electron chi connectivity index (χ4n) is 4.22. The van der Waals surface area contributed by atoms with Gasteiger partial charge in [0.15, 0.2) is 5.82 Å².